The van der Waals surface area contributed by atoms with Crippen molar-refractivity contribution in [2.75, 3.05) is 19.5 Å². The summed E-state index contributed by atoms with van der Waals surface area (Å²) in [4.78, 5) is 12.1. The van der Waals surface area contributed by atoms with Crippen molar-refractivity contribution in [1.82, 2.24) is 0 Å². The number of rotatable bonds is 16. The highest BCUT2D eigenvalue weighted by Gasteiger charge is 2.54. The first-order valence-electron chi connectivity index (χ1n) is 13.9. The van der Waals surface area contributed by atoms with Crippen molar-refractivity contribution < 1.29 is 41.6 Å². The molecule has 6 atom stereocenters. The number of hydrogen-bond acceptors (Lipinski definition) is 10. The number of aliphatic hydroxyl groups is 1. The molecule has 1 saturated heterocycles. The van der Waals surface area contributed by atoms with Crippen LogP contribution < -0.4 is 0 Å². The highest BCUT2D eigenvalue weighted by Crippen LogP contribution is 2.32. The summed E-state index contributed by atoms with van der Waals surface area (Å²) in [5.74, 6) is 0. The average molecular weight is 616 g/mol. The molecule has 43 heavy (non-hydrogen) atoms. The molecule has 1 heterocycles. The zero-order valence-electron chi connectivity index (χ0n) is 23.8. The molecule has 12 heteroatoms. The summed E-state index contributed by atoms with van der Waals surface area (Å²) >= 11 is 0. The largest absolute Gasteiger partial charge is 0.394 e. The number of aliphatic hydroxyl groups excluding tert-OH is 1. The van der Waals surface area contributed by atoms with Crippen LogP contribution in [0, 0.1) is 10.1 Å². The van der Waals surface area contributed by atoms with Gasteiger partial charge in [-0.25, -0.2) is 0 Å². The van der Waals surface area contributed by atoms with E-state index in [9.17, 15) is 23.6 Å². The molecule has 4 rings (SSSR count). The molecule has 3 aromatic rings. The first-order chi connectivity index (χ1) is 20.7. The molecule has 11 nitrogen and oxygen atoms in total. The van der Waals surface area contributed by atoms with Crippen LogP contribution in [-0.2, 0) is 53.1 Å². The molecule has 1 aliphatic rings. The smallest absolute Gasteiger partial charge is 0.267 e. The van der Waals surface area contributed by atoms with Gasteiger partial charge in [-0.2, -0.15) is 8.42 Å². The first-order valence-corrected chi connectivity index (χ1v) is 15.8. The number of nitro groups is 1. The SMILES string of the molecule is CS(=O)(=O)O[C@@H](CO)C[C@@H]1O[C@H](COCc2ccccc2)[C@H](OCc2ccccc2)[C@H](OCc2ccccc2)[C@H]1[N+](=O)[O-]. The number of ether oxygens (including phenoxy) is 4. The van der Waals surface area contributed by atoms with Crippen LogP contribution in [0.2, 0.25) is 0 Å². The van der Waals surface area contributed by atoms with Crippen LogP contribution >= 0.6 is 0 Å². The summed E-state index contributed by atoms with van der Waals surface area (Å²) in [6.07, 6.45) is -4.73. The van der Waals surface area contributed by atoms with Crippen LogP contribution in [0.15, 0.2) is 91.0 Å². The monoisotopic (exact) mass is 615 g/mol. The number of benzene rings is 3. The average Bonchev–Trinajstić information content (AvgIpc) is 2.99. The van der Waals surface area contributed by atoms with Gasteiger partial charge in [0.05, 0.1) is 39.3 Å². The Bertz CT molecular complexity index is 1360. The molecule has 0 aromatic heterocycles. The van der Waals surface area contributed by atoms with Crippen LogP contribution in [-0.4, -0.2) is 74.5 Å². The maximum Gasteiger partial charge on any atom is 0.267 e. The first kappa shape index (κ1) is 32.7. The Morgan fingerprint density at radius 3 is 1.77 bits per heavy atom. The lowest BCUT2D eigenvalue weighted by Crippen LogP contribution is -2.63. The Balaban J connectivity index is 1.64. The van der Waals surface area contributed by atoms with E-state index < -0.39 is 58.2 Å². The van der Waals surface area contributed by atoms with Crippen molar-refractivity contribution >= 4 is 10.1 Å². The van der Waals surface area contributed by atoms with E-state index in [1.807, 2.05) is 91.0 Å². The fraction of sp³-hybridized carbons (Fsp3) is 0.419. The van der Waals surface area contributed by atoms with Gasteiger partial charge in [0, 0.05) is 11.3 Å². The summed E-state index contributed by atoms with van der Waals surface area (Å²) in [5, 5.41) is 22.5. The predicted octanol–water partition coefficient (Wildman–Crippen LogP) is 3.51. The number of nitrogens with zero attached hydrogens (tertiary/aromatic N) is 1. The fourth-order valence-electron chi connectivity index (χ4n) is 5.03. The lowest BCUT2D eigenvalue weighted by Gasteiger charge is -2.43. The second-order valence-corrected chi connectivity index (χ2v) is 12.0. The molecular formula is C31H37NO10S. The molecule has 232 valence electrons. The third kappa shape index (κ3) is 10.2. The minimum atomic E-state index is -3.96. The van der Waals surface area contributed by atoms with Crippen molar-refractivity contribution in [2.24, 2.45) is 0 Å². The standard InChI is InChI=1S/C31H37NO10S/c1-43(36,37)42-26(18-33)17-27-29(32(34)35)31(40-21-25-15-9-4-10-16-25)30(39-20-24-13-7-3-8-14-24)28(41-27)22-38-19-23-11-5-2-6-12-23/h2-16,26-31,33H,17-22H2,1H3/t26-,27+,28-,29+,30+,31-/m1/s1. The quantitative estimate of drug-likeness (QED) is 0.144. The number of hydrogen-bond donors (Lipinski definition) is 1. The van der Waals surface area contributed by atoms with E-state index in [1.165, 1.54) is 0 Å². The molecular weight excluding hydrogens is 578 g/mol. The Morgan fingerprint density at radius 2 is 1.30 bits per heavy atom. The summed E-state index contributed by atoms with van der Waals surface area (Å²) in [5.41, 5.74) is 2.59. The van der Waals surface area contributed by atoms with E-state index in [-0.39, 0.29) is 32.8 Å². The van der Waals surface area contributed by atoms with Crippen molar-refractivity contribution in [3.8, 4) is 0 Å². The Morgan fingerprint density at radius 1 is 0.814 bits per heavy atom. The van der Waals surface area contributed by atoms with E-state index in [4.69, 9.17) is 23.1 Å². The third-order valence-electron chi connectivity index (χ3n) is 6.97. The minimum Gasteiger partial charge on any atom is -0.394 e. The Kier molecular flexibility index (Phi) is 12.2. The van der Waals surface area contributed by atoms with E-state index in [0.29, 0.717) is 0 Å². The maximum atomic E-state index is 12.6. The summed E-state index contributed by atoms with van der Waals surface area (Å²) in [7, 11) is -3.96. The second-order valence-electron chi connectivity index (χ2n) is 10.4. The van der Waals surface area contributed by atoms with Gasteiger partial charge in [-0.1, -0.05) is 91.0 Å². The molecule has 3 aromatic carbocycles. The zero-order chi connectivity index (χ0) is 30.7. The zero-order valence-corrected chi connectivity index (χ0v) is 24.7. The van der Waals surface area contributed by atoms with Gasteiger partial charge >= 0.3 is 0 Å². The highest BCUT2D eigenvalue weighted by atomic mass is 32.2. The topological polar surface area (TPSA) is 144 Å². The molecule has 1 aliphatic heterocycles. The molecule has 0 unspecified atom stereocenters. The van der Waals surface area contributed by atoms with Crippen LogP contribution in [0.25, 0.3) is 0 Å². The molecule has 1 fully saturated rings. The van der Waals surface area contributed by atoms with Gasteiger partial charge in [0.2, 0.25) is 0 Å². The van der Waals surface area contributed by atoms with Crippen molar-refractivity contribution in [2.45, 2.75) is 62.8 Å². The van der Waals surface area contributed by atoms with E-state index in [1.54, 1.807) is 0 Å². The predicted molar refractivity (Wildman–Crippen MR) is 157 cm³/mol. The van der Waals surface area contributed by atoms with Crippen molar-refractivity contribution in [1.29, 1.82) is 0 Å². The van der Waals surface area contributed by atoms with Gasteiger partial charge in [-0.15, -0.1) is 0 Å². The summed E-state index contributed by atoms with van der Waals surface area (Å²) in [6, 6.07) is 26.7. The highest BCUT2D eigenvalue weighted by molar-refractivity contribution is 7.86. The molecule has 0 radical (unpaired) electrons. The molecule has 0 bridgehead atoms. The van der Waals surface area contributed by atoms with E-state index in [2.05, 4.69) is 0 Å². The molecule has 0 amide bonds. The lowest BCUT2D eigenvalue weighted by atomic mass is 9.90. The third-order valence-corrected chi connectivity index (χ3v) is 7.60. The van der Waals surface area contributed by atoms with Crippen LogP contribution in [0.5, 0.6) is 0 Å². The summed E-state index contributed by atoms with van der Waals surface area (Å²) < 4.78 is 53.5. The molecule has 0 saturated carbocycles. The van der Waals surface area contributed by atoms with Gasteiger partial charge < -0.3 is 24.1 Å². The van der Waals surface area contributed by atoms with Crippen molar-refractivity contribution in [3.63, 3.8) is 0 Å². The van der Waals surface area contributed by atoms with Gasteiger partial charge in [-0.05, 0) is 16.7 Å². The normalized spacial score (nSPS) is 23.1. The van der Waals surface area contributed by atoms with Crippen LogP contribution in [0.3, 0.4) is 0 Å². The second kappa shape index (κ2) is 16.0. The van der Waals surface area contributed by atoms with Crippen molar-refractivity contribution in [3.05, 3.63) is 118 Å². The van der Waals surface area contributed by atoms with Gasteiger partial charge in [0.15, 0.2) is 6.10 Å². The van der Waals surface area contributed by atoms with Gasteiger partial charge in [-0.3, -0.25) is 14.3 Å². The van der Waals surface area contributed by atoms with Crippen LogP contribution in [0.1, 0.15) is 23.1 Å². The van der Waals surface area contributed by atoms with E-state index >= 15 is 0 Å². The molecule has 1 N–H and O–H groups in total. The van der Waals surface area contributed by atoms with Gasteiger partial charge in [0.1, 0.15) is 24.4 Å². The Hall–Kier alpha value is -3.23. The van der Waals surface area contributed by atoms with Gasteiger partial charge in [0.25, 0.3) is 16.2 Å². The lowest BCUT2D eigenvalue weighted by molar-refractivity contribution is -0.562. The van der Waals surface area contributed by atoms with E-state index in [0.717, 1.165) is 22.9 Å². The Labute approximate surface area is 251 Å². The summed E-state index contributed by atoms with van der Waals surface area (Å²) in [6.45, 7) is -0.204. The molecule has 0 spiro atoms. The maximum absolute atomic E-state index is 12.6. The fourth-order valence-corrected chi connectivity index (χ4v) is 5.67. The molecule has 0 aliphatic carbocycles. The van der Waals surface area contributed by atoms with Crippen LogP contribution in [0.4, 0.5) is 0 Å². The minimum absolute atomic E-state index is 0.0111.